The first-order chi connectivity index (χ1) is 6.61. The van der Waals surface area contributed by atoms with Gasteiger partial charge in [0.15, 0.2) is 0 Å². The lowest BCUT2D eigenvalue weighted by atomic mass is 9.97. The minimum absolute atomic E-state index is 0.177. The molecule has 3 heteroatoms. The normalized spacial score (nSPS) is 43.6. The van der Waals surface area contributed by atoms with Crippen LogP contribution in [0.25, 0.3) is 0 Å². The first-order valence-corrected chi connectivity index (χ1v) is 5.67. The van der Waals surface area contributed by atoms with Crippen LogP contribution in [0.2, 0.25) is 0 Å². The average molecular weight is 196 g/mol. The molecular formula is C11H20N2O. The molecule has 1 amide bonds. The molecule has 2 aliphatic rings. The summed E-state index contributed by atoms with van der Waals surface area (Å²) in [5.41, 5.74) is 5.73. The Morgan fingerprint density at radius 2 is 2.00 bits per heavy atom. The Bertz CT molecular complexity index is 241. The van der Waals surface area contributed by atoms with Gasteiger partial charge in [-0.25, -0.2) is 0 Å². The summed E-state index contributed by atoms with van der Waals surface area (Å²) in [5, 5.41) is 0. The van der Waals surface area contributed by atoms with Crippen molar-refractivity contribution in [2.45, 2.75) is 45.2 Å². The van der Waals surface area contributed by atoms with Crippen LogP contribution in [-0.4, -0.2) is 29.4 Å². The molecule has 1 heterocycles. The van der Waals surface area contributed by atoms with E-state index in [0.717, 1.165) is 18.9 Å². The van der Waals surface area contributed by atoms with Crippen molar-refractivity contribution in [1.82, 2.24) is 4.90 Å². The van der Waals surface area contributed by atoms with E-state index in [4.69, 9.17) is 5.73 Å². The Hall–Kier alpha value is -0.570. The highest BCUT2D eigenvalue weighted by Crippen LogP contribution is 2.36. The number of amides is 1. The van der Waals surface area contributed by atoms with Crippen LogP contribution in [0.1, 0.15) is 33.1 Å². The lowest BCUT2D eigenvalue weighted by Gasteiger charge is -2.28. The van der Waals surface area contributed by atoms with E-state index in [9.17, 15) is 4.79 Å². The molecule has 4 atom stereocenters. The number of carbonyl (C=O) groups is 1. The Morgan fingerprint density at radius 3 is 2.43 bits per heavy atom. The third kappa shape index (κ3) is 1.44. The number of hydrogen-bond donors (Lipinski definition) is 1. The quantitative estimate of drug-likeness (QED) is 0.679. The summed E-state index contributed by atoms with van der Waals surface area (Å²) in [6.45, 7) is 5.42. The summed E-state index contributed by atoms with van der Waals surface area (Å²) in [4.78, 5) is 13.8. The van der Waals surface area contributed by atoms with Crippen molar-refractivity contribution in [2.75, 3.05) is 6.54 Å². The van der Waals surface area contributed by atoms with Crippen LogP contribution < -0.4 is 5.73 Å². The smallest absolute Gasteiger partial charge is 0.239 e. The number of hydrogen-bond acceptors (Lipinski definition) is 2. The second-order valence-electron chi connectivity index (χ2n) is 4.91. The van der Waals surface area contributed by atoms with Crippen LogP contribution >= 0.6 is 0 Å². The van der Waals surface area contributed by atoms with Gasteiger partial charge in [0.2, 0.25) is 5.91 Å². The molecule has 1 saturated heterocycles. The molecule has 4 unspecified atom stereocenters. The van der Waals surface area contributed by atoms with Gasteiger partial charge in [0.25, 0.3) is 0 Å². The molecule has 0 aromatic carbocycles. The van der Waals surface area contributed by atoms with E-state index in [0.29, 0.717) is 12.0 Å². The number of nitrogens with zero attached hydrogens (tertiary/aromatic N) is 1. The van der Waals surface area contributed by atoms with Gasteiger partial charge in [0.05, 0.1) is 6.04 Å². The Balaban J connectivity index is 2.06. The molecule has 0 spiro atoms. The van der Waals surface area contributed by atoms with Crippen molar-refractivity contribution >= 4 is 5.91 Å². The van der Waals surface area contributed by atoms with Crippen molar-refractivity contribution in [3.8, 4) is 0 Å². The highest BCUT2D eigenvalue weighted by Gasteiger charge is 2.40. The zero-order valence-electron chi connectivity index (χ0n) is 9.07. The maximum atomic E-state index is 11.7. The van der Waals surface area contributed by atoms with Crippen LogP contribution in [-0.2, 0) is 4.79 Å². The third-order valence-corrected chi connectivity index (χ3v) is 4.10. The van der Waals surface area contributed by atoms with Gasteiger partial charge >= 0.3 is 0 Å². The predicted octanol–water partition coefficient (Wildman–Crippen LogP) is 0.981. The molecule has 2 N–H and O–H groups in total. The van der Waals surface area contributed by atoms with Gasteiger partial charge in [-0.2, -0.15) is 0 Å². The topological polar surface area (TPSA) is 46.3 Å². The molecule has 0 bridgehead atoms. The molecule has 14 heavy (non-hydrogen) atoms. The van der Waals surface area contributed by atoms with Gasteiger partial charge < -0.3 is 10.6 Å². The van der Waals surface area contributed by atoms with Crippen molar-refractivity contribution in [2.24, 2.45) is 17.6 Å². The zero-order chi connectivity index (χ0) is 10.3. The van der Waals surface area contributed by atoms with E-state index in [1.165, 1.54) is 12.8 Å². The molecule has 2 fully saturated rings. The van der Waals surface area contributed by atoms with Gasteiger partial charge in [0, 0.05) is 12.6 Å². The van der Waals surface area contributed by atoms with Crippen LogP contribution in [0.5, 0.6) is 0 Å². The lowest BCUT2D eigenvalue weighted by Crippen LogP contribution is -2.42. The number of rotatable bonds is 1. The molecule has 0 radical (unpaired) electrons. The fourth-order valence-electron chi connectivity index (χ4n) is 2.83. The van der Waals surface area contributed by atoms with E-state index >= 15 is 0 Å². The number of likely N-dealkylation sites (tertiary alicyclic amines) is 1. The fraction of sp³-hybridized carbons (Fsp3) is 0.909. The van der Waals surface area contributed by atoms with Gasteiger partial charge in [-0.15, -0.1) is 0 Å². The molecular weight excluding hydrogens is 176 g/mol. The maximum absolute atomic E-state index is 11.7. The van der Waals surface area contributed by atoms with Crippen LogP contribution in [0.3, 0.4) is 0 Å². The SMILES string of the molecule is CC1CCC(N2CCC(N)C2=O)C1C. The van der Waals surface area contributed by atoms with Crippen LogP contribution in [0, 0.1) is 11.8 Å². The minimum Gasteiger partial charge on any atom is -0.338 e. The average Bonchev–Trinajstić information content (AvgIpc) is 2.63. The van der Waals surface area contributed by atoms with Crippen molar-refractivity contribution in [3.05, 3.63) is 0 Å². The predicted molar refractivity (Wildman–Crippen MR) is 55.7 cm³/mol. The standard InChI is InChI=1S/C11H20N2O/c1-7-3-4-10(8(7)2)13-6-5-9(12)11(13)14/h7-10H,3-6,12H2,1-2H3. The summed E-state index contributed by atoms with van der Waals surface area (Å²) in [6.07, 6.45) is 3.27. The summed E-state index contributed by atoms with van der Waals surface area (Å²) < 4.78 is 0. The summed E-state index contributed by atoms with van der Waals surface area (Å²) in [5.74, 6) is 1.57. The van der Waals surface area contributed by atoms with Gasteiger partial charge in [0.1, 0.15) is 0 Å². The minimum atomic E-state index is -0.224. The first-order valence-electron chi connectivity index (χ1n) is 5.67. The Labute approximate surface area is 85.6 Å². The van der Waals surface area contributed by atoms with Gasteiger partial charge in [-0.3, -0.25) is 4.79 Å². The van der Waals surface area contributed by atoms with E-state index in [2.05, 4.69) is 13.8 Å². The van der Waals surface area contributed by atoms with Gasteiger partial charge in [-0.1, -0.05) is 13.8 Å². The van der Waals surface area contributed by atoms with Crippen molar-refractivity contribution in [1.29, 1.82) is 0 Å². The van der Waals surface area contributed by atoms with E-state index in [1.54, 1.807) is 0 Å². The summed E-state index contributed by atoms with van der Waals surface area (Å²) in [6, 6.07) is 0.240. The molecule has 1 aliphatic heterocycles. The molecule has 3 nitrogen and oxygen atoms in total. The molecule has 1 aliphatic carbocycles. The number of nitrogens with two attached hydrogens (primary N) is 1. The fourth-order valence-corrected chi connectivity index (χ4v) is 2.83. The largest absolute Gasteiger partial charge is 0.338 e. The second-order valence-corrected chi connectivity index (χ2v) is 4.91. The second kappa shape index (κ2) is 3.54. The Kier molecular flexibility index (Phi) is 2.52. The monoisotopic (exact) mass is 196 g/mol. The lowest BCUT2D eigenvalue weighted by molar-refractivity contribution is -0.131. The van der Waals surface area contributed by atoms with E-state index < -0.39 is 0 Å². The van der Waals surface area contributed by atoms with E-state index in [-0.39, 0.29) is 11.9 Å². The maximum Gasteiger partial charge on any atom is 0.239 e. The molecule has 2 rings (SSSR count). The van der Waals surface area contributed by atoms with Crippen LogP contribution in [0.15, 0.2) is 0 Å². The van der Waals surface area contributed by atoms with Crippen molar-refractivity contribution in [3.63, 3.8) is 0 Å². The first kappa shape index (κ1) is 9.97. The summed E-state index contributed by atoms with van der Waals surface area (Å²) in [7, 11) is 0. The molecule has 0 aromatic heterocycles. The van der Waals surface area contributed by atoms with Crippen molar-refractivity contribution < 1.29 is 4.79 Å². The molecule has 1 saturated carbocycles. The third-order valence-electron chi connectivity index (χ3n) is 4.10. The van der Waals surface area contributed by atoms with E-state index in [1.807, 2.05) is 4.90 Å². The highest BCUT2D eigenvalue weighted by molar-refractivity contribution is 5.84. The van der Waals surface area contributed by atoms with Gasteiger partial charge in [-0.05, 0) is 31.1 Å². The molecule has 80 valence electrons. The van der Waals surface area contributed by atoms with Crippen LogP contribution in [0.4, 0.5) is 0 Å². The molecule has 0 aromatic rings. The summed E-state index contributed by atoms with van der Waals surface area (Å²) >= 11 is 0. The zero-order valence-corrected chi connectivity index (χ0v) is 9.07. The Morgan fingerprint density at radius 1 is 1.29 bits per heavy atom. The highest BCUT2D eigenvalue weighted by atomic mass is 16.2. The number of carbonyl (C=O) groups excluding carboxylic acids is 1.